The predicted molar refractivity (Wildman–Crippen MR) is 68.5 cm³/mol. The van der Waals surface area contributed by atoms with E-state index in [0.717, 1.165) is 18.4 Å². The molecule has 0 spiro atoms. The normalized spacial score (nSPS) is 13.9. The van der Waals surface area contributed by atoms with Gasteiger partial charge in [0.25, 0.3) is 0 Å². The van der Waals surface area contributed by atoms with E-state index in [0.29, 0.717) is 6.07 Å². The number of carbonyl (C=O) groups is 1. The summed E-state index contributed by atoms with van der Waals surface area (Å²) in [5.74, 6) is -1.96. The molecule has 1 aromatic carbocycles. The molecule has 0 fully saturated rings. The van der Waals surface area contributed by atoms with E-state index in [9.17, 15) is 26.0 Å². The highest BCUT2D eigenvalue weighted by atomic mass is 32.2. The van der Waals surface area contributed by atoms with Gasteiger partial charge in [-0.05, 0) is 25.1 Å². The van der Waals surface area contributed by atoms with Crippen LogP contribution >= 0.6 is 0 Å². The fraction of sp³-hybridized carbons (Fsp3) is 0.300. The average molecular weight is 324 g/mol. The Labute approximate surface area is 115 Å². The number of halogens is 1. The van der Waals surface area contributed by atoms with Crippen LogP contribution in [0, 0.1) is 5.82 Å². The van der Waals surface area contributed by atoms with Gasteiger partial charge < -0.3 is 5.73 Å². The lowest BCUT2D eigenvalue weighted by atomic mass is 10.3. The van der Waals surface area contributed by atoms with E-state index in [1.54, 1.807) is 0 Å². The molecule has 0 saturated carbocycles. The van der Waals surface area contributed by atoms with Crippen molar-refractivity contribution in [2.45, 2.75) is 22.8 Å². The number of hydrogen-bond donors (Lipinski definition) is 2. The lowest BCUT2D eigenvalue weighted by Gasteiger charge is -2.11. The molecule has 0 saturated heterocycles. The van der Waals surface area contributed by atoms with Crippen LogP contribution in [-0.2, 0) is 24.7 Å². The van der Waals surface area contributed by atoms with Crippen molar-refractivity contribution in [3.63, 3.8) is 0 Å². The number of nitrogens with one attached hydrogen (secondary N) is 1. The zero-order valence-corrected chi connectivity index (χ0v) is 12.3. The molecule has 112 valence electrons. The molecule has 1 rings (SSSR count). The van der Waals surface area contributed by atoms with Crippen LogP contribution in [0.3, 0.4) is 0 Å². The van der Waals surface area contributed by atoms with Gasteiger partial charge in [-0.1, -0.05) is 0 Å². The second-order valence-electron chi connectivity index (χ2n) is 4.11. The minimum atomic E-state index is -4.19. The van der Waals surface area contributed by atoms with Crippen LogP contribution in [0.25, 0.3) is 0 Å². The smallest absolute Gasteiger partial charge is 0.241 e. The Hall–Kier alpha value is -1.52. The fourth-order valence-corrected chi connectivity index (χ4v) is 3.37. The quantitative estimate of drug-likeness (QED) is 0.747. The summed E-state index contributed by atoms with van der Waals surface area (Å²) in [6, 6.07) is 1.10. The molecule has 1 atom stereocenters. The summed E-state index contributed by atoms with van der Waals surface area (Å²) < 4.78 is 61.8. The molecule has 0 radical (unpaired) electrons. The number of primary amides is 1. The van der Waals surface area contributed by atoms with E-state index in [4.69, 9.17) is 5.73 Å². The molecule has 7 nitrogen and oxygen atoms in total. The number of amides is 1. The molecule has 0 aliphatic carbocycles. The average Bonchev–Trinajstić information content (AvgIpc) is 2.26. The third kappa shape index (κ3) is 3.74. The third-order valence-electron chi connectivity index (χ3n) is 2.37. The summed E-state index contributed by atoms with van der Waals surface area (Å²) in [5, 5.41) is 0. The highest BCUT2D eigenvalue weighted by Gasteiger charge is 2.23. The van der Waals surface area contributed by atoms with Crippen molar-refractivity contribution in [3.05, 3.63) is 24.0 Å². The summed E-state index contributed by atoms with van der Waals surface area (Å²) in [6.07, 6.45) is 0.751. The molecule has 0 unspecified atom stereocenters. The minimum Gasteiger partial charge on any atom is -0.368 e. The first-order valence-electron chi connectivity index (χ1n) is 5.26. The van der Waals surface area contributed by atoms with Crippen molar-refractivity contribution in [2.24, 2.45) is 5.73 Å². The van der Waals surface area contributed by atoms with Gasteiger partial charge in [0.15, 0.2) is 9.84 Å². The Balaban J connectivity index is 3.31. The third-order valence-corrected chi connectivity index (χ3v) is 5.02. The predicted octanol–water partition coefficient (Wildman–Crippen LogP) is -0.619. The molecule has 0 aliphatic heterocycles. The van der Waals surface area contributed by atoms with Crippen molar-refractivity contribution in [1.29, 1.82) is 0 Å². The molecule has 10 heteroatoms. The first-order valence-corrected chi connectivity index (χ1v) is 8.64. The van der Waals surface area contributed by atoms with Crippen LogP contribution in [0.15, 0.2) is 28.0 Å². The Morgan fingerprint density at radius 1 is 1.30 bits per heavy atom. The molecule has 0 aromatic heterocycles. The van der Waals surface area contributed by atoms with Gasteiger partial charge in [-0.3, -0.25) is 4.79 Å². The number of hydrogen-bond acceptors (Lipinski definition) is 5. The molecule has 0 bridgehead atoms. The standard InChI is InChI=1S/C10H13FN2O5S2/c1-6(10(12)14)13-20(17,18)7-3-4-8(11)9(5-7)19(2,15)16/h3-6,13H,1-2H3,(H2,12,14)/t6-/m1/s1. The summed E-state index contributed by atoms with van der Waals surface area (Å²) in [7, 11) is -8.11. The maximum absolute atomic E-state index is 13.4. The van der Waals surface area contributed by atoms with Crippen LogP contribution in [-0.4, -0.2) is 35.0 Å². The van der Waals surface area contributed by atoms with Crippen molar-refractivity contribution in [3.8, 4) is 0 Å². The minimum absolute atomic E-state index is 0.479. The fourth-order valence-electron chi connectivity index (χ4n) is 1.29. The zero-order chi connectivity index (χ0) is 15.7. The lowest BCUT2D eigenvalue weighted by molar-refractivity contribution is -0.119. The van der Waals surface area contributed by atoms with Crippen molar-refractivity contribution >= 4 is 25.8 Å². The number of sulfonamides is 1. The second-order valence-corrected chi connectivity index (χ2v) is 7.81. The second kappa shape index (κ2) is 5.46. The van der Waals surface area contributed by atoms with Crippen LogP contribution in [0.4, 0.5) is 4.39 Å². The Morgan fingerprint density at radius 3 is 2.30 bits per heavy atom. The van der Waals surface area contributed by atoms with Gasteiger partial charge >= 0.3 is 0 Å². The van der Waals surface area contributed by atoms with Gasteiger partial charge in [-0.2, -0.15) is 4.72 Å². The maximum Gasteiger partial charge on any atom is 0.241 e. The molecular formula is C10H13FN2O5S2. The number of carbonyl (C=O) groups excluding carboxylic acids is 1. The van der Waals surface area contributed by atoms with Gasteiger partial charge in [0.2, 0.25) is 15.9 Å². The summed E-state index contributed by atoms with van der Waals surface area (Å²) >= 11 is 0. The monoisotopic (exact) mass is 324 g/mol. The van der Waals surface area contributed by atoms with E-state index in [-0.39, 0.29) is 0 Å². The Morgan fingerprint density at radius 2 is 1.85 bits per heavy atom. The Bertz CT molecular complexity index is 743. The highest BCUT2D eigenvalue weighted by Crippen LogP contribution is 2.19. The summed E-state index contributed by atoms with van der Waals surface area (Å²) in [4.78, 5) is 9.61. The summed E-state index contributed by atoms with van der Waals surface area (Å²) in [6.45, 7) is 1.22. The number of benzene rings is 1. The molecule has 3 N–H and O–H groups in total. The topological polar surface area (TPSA) is 123 Å². The van der Waals surface area contributed by atoms with E-state index in [1.807, 2.05) is 4.72 Å². The van der Waals surface area contributed by atoms with Crippen molar-refractivity contribution in [2.75, 3.05) is 6.26 Å². The van der Waals surface area contributed by atoms with E-state index >= 15 is 0 Å². The first kappa shape index (κ1) is 16.5. The van der Waals surface area contributed by atoms with Crippen molar-refractivity contribution < 1.29 is 26.0 Å². The molecule has 0 heterocycles. The SMILES string of the molecule is C[C@@H](NS(=O)(=O)c1ccc(F)c(S(C)(=O)=O)c1)C(N)=O. The number of rotatable bonds is 5. The zero-order valence-electron chi connectivity index (χ0n) is 10.6. The van der Waals surface area contributed by atoms with Crippen LogP contribution in [0.5, 0.6) is 0 Å². The number of sulfone groups is 1. The first-order chi connectivity index (χ1) is 8.95. The number of nitrogens with two attached hydrogens (primary N) is 1. The van der Waals surface area contributed by atoms with E-state index < -0.39 is 47.4 Å². The molecule has 1 aromatic rings. The molecular weight excluding hydrogens is 311 g/mol. The van der Waals surface area contributed by atoms with Gasteiger partial charge in [-0.25, -0.2) is 21.2 Å². The van der Waals surface area contributed by atoms with E-state index in [1.165, 1.54) is 6.92 Å². The van der Waals surface area contributed by atoms with Crippen molar-refractivity contribution in [1.82, 2.24) is 4.72 Å². The van der Waals surface area contributed by atoms with Gasteiger partial charge in [0.1, 0.15) is 10.7 Å². The van der Waals surface area contributed by atoms with Gasteiger partial charge in [0.05, 0.1) is 10.9 Å². The largest absolute Gasteiger partial charge is 0.368 e. The van der Waals surface area contributed by atoms with Gasteiger partial charge in [-0.15, -0.1) is 0 Å². The Kier molecular flexibility index (Phi) is 4.52. The molecule has 0 aliphatic rings. The van der Waals surface area contributed by atoms with E-state index in [2.05, 4.69) is 0 Å². The van der Waals surface area contributed by atoms with Gasteiger partial charge in [0, 0.05) is 6.26 Å². The lowest BCUT2D eigenvalue weighted by Crippen LogP contribution is -2.42. The van der Waals surface area contributed by atoms with Crippen LogP contribution in [0.2, 0.25) is 0 Å². The highest BCUT2D eigenvalue weighted by molar-refractivity contribution is 7.91. The summed E-state index contributed by atoms with van der Waals surface area (Å²) in [5.41, 5.74) is 4.92. The maximum atomic E-state index is 13.4. The van der Waals surface area contributed by atoms with Crippen LogP contribution in [0.1, 0.15) is 6.92 Å². The molecule has 20 heavy (non-hydrogen) atoms. The molecule has 1 amide bonds. The van der Waals surface area contributed by atoms with Crippen LogP contribution < -0.4 is 10.5 Å².